The van der Waals surface area contributed by atoms with Crippen LogP contribution in [0, 0.1) is 11.3 Å². The van der Waals surface area contributed by atoms with Gasteiger partial charge in [0, 0.05) is 55.6 Å². The Labute approximate surface area is 205 Å². The lowest BCUT2D eigenvalue weighted by Gasteiger charge is -2.52. The second-order valence-corrected chi connectivity index (χ2v) is 9.49. The lowest BCUT2D eigenvalue weighted by atomic mass is 9.70. The Morgan fingerprint density at radius 2 is 2.06 bits per heavy atom. The van der Waals surface area contributed by atoms with Gasteiger partial charge in [0.05, 0.1) is 29.9 Å². The zero-order chi connectivity index (χ0) is 25.5. The first-order valence-corrected chi connectivity index (χ1v) is 11.8. The fourth-order valence-corrected chi connectivity index (χ4v) is 5.09. The standard InChI is InChI=1S/C23H26F3N9O/c1-15(23(24,25)26)32-21(36)34-8-6-33(7-9-34)17-10-22(11-17,3-4-27)35-13-16(12-31-35)19-18-2-5-28-20(18)30-14-29-19/h2,5,12-15,17H,3,6-11H2,1H3,(H,32,36)(H,28,29,30)/t15-,17-,22-/m1/s1. The summed E-state index contributed by atoms with van der Waals surface area (Å²) in [4.78, 5) is 27.6. The molecule has 13 heteroatoms. The van der Waals surface area contributed by atoms with Gasteiger partial charge in [0.2, 0.25) is 0 Å². The lowest BCUT2D eigenvalue weighted by Crippen LogP contribution is -2.62. The van der Waals surface area contributed by atoms with Crippen LogP contribution < -0.4 is 5.32 Å². The van der Waals surface area contributed by atoms with Crippen molar-refractivity contribution >= 4 is 17.1 Å². The third-order valence-electron chi connectivity index (χ3n) is 7.28. The number of H-pyrrole nitrogens is 1. The minimum Gasteiger partial charge on any atom is -0.346 e. The average molecular weight is 502 g/mol. The maximum Gasteiger partial charge on any atom is 0.408 e. The van der Waals surface area contributed by atoms with Gasteiger partial charge in [0.1, 0.15) is 18.0 Å². The number of nitrogens with one attached hydrogen (secondary N) is 2. The Bertz CT molecular complexity index is 1280. The first-order chi connectivity index (χ1) is 17.2. The van der Waals surface area contributed by atoms with Crippen LogP contribution in [0.25, 0.3) is 22.3 Å². The van der Waals surface area contributed by atoms with Gasteiger partial charge in [-0.2, -0.15) is 23.5 Å². The molecule has 0 bridgehead atoms. The molecule has 0 unspecified atom stereocenters. The predicted molar refractivity (Wildman–Crippen MR) is 124 cm³/mol. The van der Waals surface area contributed by atoms with Crippen LogP contribution in [0.5, 0.6) is 0 Å². The molecule has 3 aromatic rings. The van der Waals surface area contributed by atoms with Crippen molar-refractivity contribution in [3.63, 3.8) is 0 Å². The summed E-state index contributed by atoms with van der Waals surface area (Å²) in [6.07, 6.45) is 4.27. The molecule has 2 aliphatic rings. The van der Waals surface area contributed by atoms with Crippen LogP contribution in [-0.2, 0) is 5.54 Å². The molecule has 2 N–H and O–H groups in total. The summed E-state index contributed by atoms with van der Waals surface area (Å²) < 4.78 is 40.1. The highest BCUT2D eigenvalue weighted by atomic mass is 19.4. The van der Waals surface area contributed by atoms with E-state index in [2.05, 4.69) is 31.0 Å². The van der Waals surface area contributed by atoms with Crippen molar-refractivity contribution in [3.8, 4) is 17.3 Å². The highest BCUT2D eigenvalue weighted by Gasteiger charge is 2.49. The molecular formula is C23H26F3N9O. The SMILES string of the molecule is C[C@@H](NC(=O)N1CCN([C@H]2C[C@](CC#N)(n3cc(-c4ncnc5[nH]ccc45)cn3)C2)CC1)C(F)(F)F. The number of piperazine rings is 1. The van der Waals surface area contributed by atoms with Crippen molar-refractivity contribution < 1.29 is 18.0 Å². The topological polar surface area (TPSA) is 119 Å². The summed E-state index contributed by atoms with van der Waals surface area (Å²) >= 11 is 0. The monoisotopic (exact) mass is 501 g/mol. The Morgan fingerprint density at radius 1 is 1.31 bits per heavy atom. The quantitative estimate of drug-likeness (QED) is 0.555. The van der Waals surface area contributed by atoms with Crippen molar-refractivity contribution in [3.05, 3.63) is 31.0 Å². The van der Waals surface area contributed by atoms with Gasteiger partial charge >= 0.3 is 12.2 Å². The first-order valence-electron chi connectivity index (χ1n) is 11.8. The van der Waals surface area contributed by atoms with E-state index in [1.54, 1.807) is 12.4 Å². The molecule has 1 aliphatic carbocycles. The minimum absolute atomic E-state index is 0.209. The van der Waals surface area contributed by atoms with Crippen molar-refractivity contribution in [2.75, 3.05) is 26.2 Å². The molecule has 1 saturated heterocycles. The van der Waals surface area contributed by atoms with E-state index in [-0.39, 0.29) is 6.04 Å². The van der Waals surface area contributed by atoms with Gasteiger partial charge < -0.3 is 15.2 Å². The number of nitrogens with zero attached hydrogens (tertiary/aromatic N) is 7. The van der Waals surface area contributed by atoms with E-state index in [0.717, 1.165) is 42.1 Å². The van der Waals surface area contributed by atoms with E-state index >= 15 is 0 Å². The molecule has 36 heavy (non-hydrogen) atoms. The van der Waals surface area contributed by atoms with Crippen molar-refractivity contribution in [1.29, 1.82) is 5.26 Å². The molecule has 0 radical (unpaired) electrons. The number of alkyl halides is 3. The summed E-state index contributed by atoms with van der Waals surface area (Å²) in [5.41, 5.74) is 1.92. The van der Waals surface area contributed by atoms with Crippen LogP contribution in [0.3, 0.4) is 0 Å². The molecule has 1 atom stereocenters. The number of carbonyl (C=O) groups is 1. The van der Waals surface area contributed by atoms with Crippen molar-refractivity contribution in [2.24, 2.45) is 0 Å². The zero-order valence-electron chi connectivity index (χ0n) is 19.7. The van der Waals surface area contributed by atoms with E-state index < -0.39 is 23.8 Å². The molecular weight excluding hydrogens is 475 g/mol. The molecule has 1 saturated carbocycles. The largest absolute Gasteiger partial charge is 0.408 e. The average Bonchev–Trinajstić information content (AvgIpc) is 3.50. The summed E-state index contributed by atoms with van der Waals surface area (Å²) in [7, 11) is 0. The number of carbonyl (C=O) groups excluding carboxylic acids is 1. The number of amides is 2. The van der Waals surface area contributed by atoms with Crippen LogP contribution >= 0.6 is 0 Å². The van der Waals surface area contributed by atoms with E-state index in [0.29, 0.717) is 32.6 Å². The first kappa shape index (κ1) is 24.1. The van der Waals surface area contributed by atoms with Crippen LogP contribution in [0.2, 0.25) is 0 Å². The number of hydrogen-bond donors (Lipinski definition) is 2. The maximum absolute atomic E-state index is 12.7. The van der Waals surface area contributed by atoms with Crippen LogP contribution in [-0.4, -0.2) is 85.0 Å². The van der Waals surface area contributed by atoms with Crippen LogP contribution in [0.1, 0.15) is 26.2 Å². The van der Waals surface area contributed by atoms with Crippen molar-refractivity contribution in [2.45, 2.75) is 50.0 Å². The summed E-state index contributed by atoms with van der Waals surface area (Å²) in [6, 6.07) is 1.83. The molecule has 0 aromatic carbocycles. The van der Waals surface area contributed by atoms with E-state index in [1.807, 2.05) is 22.3 Å². The third-order valence-corrected chi connectivity index (χ3v) is 7.28. The van der Waals surface area contributed by atoms with Gasteiger partial charge in [0.15, 0.2) is 0 Å². The number of halogens is 3. The van der Waals surface area contributed by atoms with Crippen molar-refractivity contribution in [1.82, 2.24) is 39.8 Å². The lowest BCUT2D eigenvalue weighted by molar-refractivity contribution is -0.149. The van der Waals surface area contributed by atoms with E-state index in [1.165, 1.54) is 11.2 Å². The highest BCUT2D eigenvalue weighted by Crippen LogP contribution is 2.45. The normalized spacial score (nSPS) is 23.8. The predicted octanol–water partition coefficient (Wildman–Crippen LogP) is 2.87. The molecule has 3 aromatic heterocycles. The number of rotatable bonds is 5. The molecule has 2 amide bonds. The molecule has 2 fully saturated rings. The van der Waals surface area contributed by atoms with Gasteiger partial charge in [-0.25, -0.2) is 14.8 Å². The zero-order valence-corrected chi connectivity index (χ0v) is 19.7. The summed E-state index contributed by atoms with van der Waals surface area (Å²) in [5, 5.41) is 17.0. The van der Waals surface area contributed by atoms with E-state index in [4.69, 9.17) is 0 Å². The fraction of sp³-hybridized carbons (Fsp3) is 0.522. The molecule has 10 nitrogen and oxygen atoms in total. The molecule has 1 aliphatic heterocycles. The number of urea groups is 1. The molecule has 5 rings (SSSR count). The number of fused-ring (bicyclic) bond motifs is 1. The fourth-order valence-electron chi connectivity index (χ4n) is 5.09. The highest BCUT2D eigenvalue weighted by molar-refractivity contribution is 5.90. The number of aromatic nitrogens is 5. The summed E-state index contributed by atoms with van der Waals surface area (Å²) in [5.74, 6) is 0. The number of aromatic amines is 1. The molecule has 190 valence electrons. The minimum atomic E-state index is -4.47. The molecule has 4 heterocycles. The van der Waals surface area contributed by atoms with E-state index in [9.17, 15) is 23.2 Å². The Kier molecular flexibility index (Phi) is 6.07. The Balaban J connectivity index is 1.22. The van der Waals surface area contributed by atoms with Gasteiger partial charge in [-0.1, -0.05) is 0 Å². The van der Waals surface area contributed by atoms with Crippen LogP contribution in [0.4, 0.5) is 18.0 Å². The smallest absolute Gasteiger partial charge is 0.346 e. The Morgan fingerprint density at radius 3 is 2.75 bits per heavy atom. The summed E-state index contributed by atoms with van der Waals surface area (Å²) in [6.45, 7) is 2.77. The van der Waals surface area contributed by atoms with Crippen LogP contribution in [0.15, 0.2) is 31.0 Å². The second-order valence-electron chi connectivity index (χ2n) is 9.49. The van der Waals surface area contributed by atoms with Gasteiger partial charge in [-0.3, -0.25) is 9.58 Å². The van der Waals surface area contributed by atoms with Gasteiger partial charge in [-0.15, -0.1) is 0 Å². The second kappa shape index (κ2) is 9.09. The third kappa shape index (κ3) is 4.37. The number of hydrogen-bond acceptors (Lipinski definition) is 6. The maximum atomic E-state index is 12.7. The number of nitriles is 1. The molecule has 0 spiro atoms. The van der Waals surface area contributed by atoms with Gasteiger partial charge in [0.25, 0.3) is 0 Å². The van der Waals surface area contributed by atoms with Gasteiger partial charge in [-0.05, 0) is 25.8 Å². The Hall–Kier alpha value is -3.66.